The van der Waals surface area contributed by atoms with E-state index in [0.29, 0.717) is 17.5 Å². The van der Waals surface area contributed by atoms with Crippen molar-refractivity contribution < 1.29 is 0 Å². The third-order valence-electron chi connectivity index (χ3n) is 13.5. The summed E-state index contributed by atoms with van der Waals surface area (Å²) in [6, 6.07) is 86.6. The SMILES string of the molecule is c1ccc(-c2nc(-c3ccccc3)nc(-c3cc(-c4ccc(-c5ccccc5)c(-c5ccccc5)c4)ccc3-c3cccc4c3Cc3ccc5c6ccccc6n(-c6ccccc6)c5c3-4)n2)cc1. The maximum Gasteiger partial charge on any atom is 0.164 e. The first-order valence-corrected chi connectivity index (χ1v) is 23.2. The summed E-state index contributed by atoms with van der Waals surface area (Å²) in [5.74, 6) is 1.89. The van der Waals surface area contributed by atoms with Gasteiger partial charge < -0.3 is 4.57 Å². The third-order valence-corrected chi connectivity index (χ3v) is 13.5. The Labute approximate surface area is 395 Å². The van der Waals surface area contributed by atoms with Crippen LogP contribution in [0.1, 0.15) is 11.1 Å². The lowest BCUT2D eigenvalue weighted by atomic mass is 9.88. The second-order valence-electron chi connectivity index (χ2n) is 17.5. The quantitative estimate of drug-likeness (QED) is 0.153. The van der Waals surface area contributed by atoms with Crippen LogP contribution >= 0.6 is 0 Å². The van der Waals surface area contributed by atoms with Gasteiger partial charge in [-0.05, 0) is 98.0 Å². The van der Waals surface area contributed by atoms with E-state index in [1.807, 2.05) is 36.4 Å². The molecule has 0 saturated heterocycles. The van der Waals surface area contributed by atoms with Crippen LogP contribution in [-0.4, -0.2) is 19.5 Å². The molecule has 318 valence electrons. The maximum absolute atomic E-state index is 5.36. The van der Waals surface area contributed by atoms with Crippen LogP contribution < -0.4 is 0 Å². The molecule has 0 saturated carbocycles. The smallest absolute Gasteiger partial charge is 0.164 e. The van der Waals surface area contributed by atoms with Crippen LogP contribution in [0.3, 0.4) is 0 Å². The highest BCUT2D eigenvalue weighted by Crippen LogP contribution is 2.49. The molecule has 0 atom stereocenters. The molecule has 13 rings (SSSR count). The van der Waals surface area contributed by atoms with Crippen molar-refractivity contribution in [2.75, 3.05) is 0 Å². The predicted molar refractivity (Wildman–Crippen MR) is 280 cm³/mol. The van der Waals surface area contributed by atoms with Gasteiger partial charge in [-0.2, -0.15) is 0 Å². The maximum atomic E-state index is 5.36. The summed E-state index contributed by atoms with van der Waals surface area (Å²) in [5.41, 5.74) is 20.7. The Bertz CT molecular complexity index is 3790. The predicted octanol–water partition coefficient (Wildman–Crippen LogP) is 16.2. The number of aromatic nitrogens is 4. The lowest BCUT2D eigenvalue weighted by Crippen LogP contribution is -2.02. The average Bonchev–Trinajstić information content (AvgIpc) is 3.98. The lowest BCUT2D eigenvalue weighted by Gasteiger charge is -2.17. The average molecular weight is 867 g/mol. The van der Waals surface area contributed by atoms with Crippen LogP contribution in [0.15, 0.2) is 243 Å². The first-order chi connectivity index (χ1) is 33.7. The van der Waals surface area contributed by atoms with Crippen molar-refractivity contribution in [3.8, 4) is 95.5 Å². The summed E-state index contributed by atoms with van der Waals surface area (Å²) in [7, 11) is 0. The van der Waals surface area contributed by atoms with E-state index in [9.17, 15) is 0 Å². The molecule has 2 heterocycles. The van der Waals surface area contributed by atoms with Crippen LogP contribution in [-0.2, 0) is 6.42 Å². The Kier molecular flexibility index (Phi) is 9.54. The minimum Gasteiger partial charge on any atom is -0.309 e. The van der Waals surface area contributed by atoms with Gasteiger partial charge in [0.15, 0.2) is 17.5 Å². The molecule has 2 aromatic heterocycles. The lowest BCUT2D eigenvalue weighted by molar-refractivity contribution is 1.07. The molecule has 1 aliphatic carbocycles. The summed E-state index contributed by atoms with van der Waals surface area (Å²) in [6.45, 7) is 0. The zero-order chi connectivity index (χ0) is 45.0. The summed E-state index contributed by atoms with van der Waals surface area (Å²) in [5, 5.41) is 2.51. The molecule has 0 spiro atoms. The minimum atomic E-state index is 0.624. The molecular formula is C64H42N4. The highest BCUT2D eigenvalue weighted by atomic mass is 15.0. The van der Waals surface area contributed by atoms with Crippen LogP contribution in [0.2, 0.25) is 0 Å². The number of para-hydroxylation sites is 2. The van der Waals surface area contributed by atoms with E-state index in [1.54, 1.807) is 0 Å². The molecule has 0 aliphatic heterocycles. The Balaban J connectivity index is 1.05. The highest BCUT2D eigenvalue weighted by Gasteiger charge is 2.29. The number of rotatable bonds is 8. The van der Waals surface area contributed by atoms with Gasteiger partial charge in [-0.3, -0.25) is 0 Å². The molecule has 0 fully saturated rings. The van der Waals surface area contributed by atoms with Gasteiger partial charge in [0.2, 0.25) is 0 Å². The molecule has 68 heavy (non-hydrogen) atoms. The minimum absolute atomic E-state index is 0.624. The largest absolute Gasteiger partial charge is 0.309 e. The van der Waals surface area contributed by atoms with Gasteiger partial charge in [0.1, 0.15) is 0 Å². The molecule has 12 aromatic rings. The van der Waals surface area contributed by atoms with Crippen molar-refractivity contribution in [2.24, 2.45) is 0 Å². The fourth-order valence-corrected chi connectivity index (χ4v) is 10.4. The van der Waals surface area contributed by atoms with E-state index in [-0.39, 0.29) is 0 Å². The summed E-state index contributed by atoms with van der Waals surface area (Å²) < 4.78 is 2.46. The Morgan fingerprint density at radius 3 is 1.47 bits per heavy atom. The topological polar surface area (TPSA) is 43.6 Å². The number of benzene rings is 10. The number of fused-ring (bicyclic) bond motifs is 7. The van der Waals surface area contributed by atoms with Crippen LogP contribution in [0.5, 0.6) is 0 Å². The van der Waals surface area contributed by atoms with Crippen molar-refractivity contribution in [3.63, 3.8) is 0 Å². The second-order valence-corrected chi connectivity index (χ2v) is 17.5. The van der Waals surface area contributed by atoms with E-state index in [0.717, 1.165) is 45.5 Å². The van der Waals surface area contributed by atoms with Gasteiger partial charge in [0.05, 0.1) is 11.0 Å². The third kappa shape index (κ3) is 6.73. The fourth-order valence-electron chi connectivity index (χ4n) is 10.4. The molecule has 0 amide bonds. The molecule has 0 N–H and O–H groups in total. The van der Waals surface area contributed by atoms with Crippen LogP contribution in [0, 0.1) is 0 Å². The van der Waals surface area contributed by atoms with E-state index < -0.39 is 0 Å². The summed E-state index contributed by atoms with van der Waals surface area (Å²) >= 11 is 0. The number of hydrogen-bond donors (Lipinski definition) is 0. The first-order valence-electron chi connectivity index (χ1n) is 23.2. The first kappa shape index (κ1) is 39.4. The Morgan fingerprint density at radius 2 is 0.824 bits per heavy atom. The van der Waals surface area contributed by atoms with Gasteiger partial charge in [0.25, 0.3) is 0 Å². The molecule has 1 aliphatic rings. The second kappa shape index (κ2) is 16.5. The standard InChI is InChI=1S/C64H42N4/c1-6-19-42(20-7-1)50-36-33-46(39-56(50)43-21-8-2-9-22-43)47-34-37-52(58(40-47)64-66-62(44-23-10-3-11-24-44)65-63(67-64)45-25-12-4-13-26-45)51-30-18-31-54-57(51)41-48-35-38-55-53-29-16-17-32-59(53)68(61(55)60(48)54)49-27-14-5-15-28-49/h1-40H,41H2. The molecule has 4 heteroatoms. The van der Waals surface area contributed by atoms with Gasteiger partial charge in [0, 0.05) is 38.7 Å². The van der Waals surface area contributed by atoms with E-state index >= 15 is 0 Å². The van der Waals surface area contributed by atoms with Gasteiger partial charge >= 0.3 is 0 Å². The van der Waals surface area contributed by atoms with Crippen molar-refractivity contribution in [1.82, 2.24) is 19.5 Å². The highest BCUT2D eigenvalue weighted by molar-refractivity contribution is 6.15. The van der Waals surface area contributed by atoms with Crippen LogP contribution in [0.25, 0.3) is 117 Å². The molecule has 0 unspecified atom stereocenters. The Morgan fingerprint density at radius 1 is 0.309 bits per heavy atom. The van der Waals surface area contributed by atoms with Gasteiger partial charge in [-0.15, -0.1) is 0 Å². The monoisotopic (exact) mass is 866 g/mol. The normalized spacial score (nSPS) is 11.8. The van der Waals surface area contributed by atoms with Gasteiger partial charge in [-0.25, -0.2) is 15.0 Å². The number of hydrogen-bond acceptors (Lipinski definition) is 3. The van der Waals surface area contributed by atoms with Crippen LogP contribution in [0.4, 0.5) is 0 Å². The molecular weight excluding hydrogens is 825 g/mol. The van der Waals surface area contributed by atoms with Crippen molar-refractivity contribution in [3.05, 3.63) is 254 Å². The van der Waals surface area contributed by atoms with E-state index in [2.05, 4.69) is 211 Å². The molecule has 4 nitrogen and oxygen atoms in total. The molecule has 0 bridgehead atoms. The number of nitrogens with zero attached hydrogens (tertiary/aromatic N) is 4. The van der Waals surface area contributed by atoms with E-state index in [1.165, 1.54) is 71.9 Å². The zero-order valence-corrected chi connectivity index (χ0v) is 37.1. The van der Waals surface area contributed by atoms with Crippen molar-refractivity contribution >= 4 is 21.8 Å². The molecule has 10 aromatic carbocycles. The van der Waals surface area contributed by atoms with Crippen molar-refractivity contribution in [2.45, 2.75) is 6.42 Å². The van der Waals surface area contributed by atoms with Gasteiger partial charge in [-0.1, -0.05) is 212 Å². The Hall–Kier alpha value is -8.99. The summed E-state index contributed by atoms with van der Waals surface area (Å²) in [6.07, 6.45) is 0.803. The fraction of sp³-hybridized carbons (Fsp3) is 0.0156. The molecule has 0 radical (unpaired) electrons. The summed E-state index contributed by atoms with van der Waals surface area (Å²) in [4.78, 5) is 15.8. The van der Waals surface area contributed by atoms with Crippen molar-refractivity contribution in [1.29, 1.82) is 0 Å². The zero-order valence-electron chi connectivity index (χ0n) is 37.1. The van der Waals surface area contributed by atoms with E-state index in [4.69, 9.17) is 15.0 Å².